The lowest BCUT2D eigenvalue weighted by atomic mass is 9.85. The fraction of sp³-hybridized carbons (Fsp3) is 0.533. The van der Waals surface area contributed by atoms with E-state index < -0.39 is 28.6 Å². The molecule has 0 spiro atoms. The smallest absolute Gasteiger partial charge is 0.200 e. The number of aryl methyl sites for hydroxylation is 1. The van der Waals surface area contributed by atoms with Gasteiger partial charge in [-0.2, -0.15) is 0 Å². The van der Waals surface area contributed by atoms with Crippen LogP contribution in [0.5, 0.6) is 0 Å². The van der Waals surface area contributed by atoms with Gasteiger partial charge in [0, 0.05) is 0 Å². The molecule has 2 nitrogen and oxygen atoms in total. The van der Waals surface area contributed by atoms with Crippen LogP contribution in [0.4, 0.5) is 8.78 Å². The number of rotatable bonds is 2. The van der Waals surface area contributed by atoms with E-state index in [9.17, 15) is 18.7 Å². The van der Waals surface area contributed by atoms with Crippen molar-refractivity contribution in [1.82, 2.24) is 0 Å². The van der Waals surface area contributed by atoms with Crippen molar-refractivity contribution < 1.29 is 18.7 Å². The lowest BCUT2D eigenvalue weighted by Gasteiger charge is -2.25. The van der Waals surface area contributed by atoms with Gasteiger partial charge in [-0.05, 0) is 31.4 Å². The van der Waals surface area contributed by atoms with Crippen molar-refractivity contribution in [3.63, 3.8) is 0 Å². The summed E-state index contributed by atoms with van der Waals surface area (Å²) in [6.45, 7) is 1.47. The Morgan fingerprint density at radius 3 is 2.32 bits per heavy atom. The highest BCUT2D eigenvalue weighted by atomic mass is 19.1. The number of carbonyl (C=O) groups is 1. The molecule has 1 N–H and O–H groups in total. The van der Waals surface area contributed by atoms with E-state index in [0.717, 1.165) is 18.9 Å². The molecule has 1 saturated carbocycles. The van der Waals surface area contributed by atoms with Crippen LogP contribution in [0.3, 0.4) is 0 Å². The van der Waals surface area contributed by atoms with Gasteiger partial charge in [-0.3, -0.25) is 4.79 Å². The largest absolute Gasteiger partial charge is 0.382 e. The maximum atomic E-state index is 14.0. The van der Waals surface area contributed by atoms with Crippen LogP contribution in [-0.4, -0.2) is 16.5 Å². The Hall–Kier alpha value is -1.29. The minimum absolute atomic E-state index is 0.210. The van der Waals surface area contributed by atoms with E-state index in [1.165, 1.54) is 13.0 Å². The molecule has 104 valence electrons. The van der Waals surface area contributed by atoms with Crippen molar-refractivity contribution in [3.8, 4) is 0 Å². The first-order chi connectivity index (χ1) is 8.96. The summed E-state index contributed by atoms with van der Waals surface area (Å²) in [4.78, 5) is 12.3. The number of hydrogen-bond acceptors (Lipinski definition) is 2. The molecular weight excluding hydrogens is 250 g/mol. The van der Waals surface area contributed by atoms with Gasteiger partial charge in [0.2, 0.25) is 0 Å². The Morgan fingerprint density at radius 2 is 1.74 bits per heavy atom. The molecule has 4 heteroatoms. The normalized spacial score (nSPS) is 18.9. The average molecular weight is 268 g/mol. The minimum Gasteiger partial charge on any atom is -0.382 e. The van der Waals surface area contributed by atoms with Gasteiger partial charge in [-0.1, -0.05) is 31.7 Å². The van der Waals surface area contributed by atoms with E-state index in [1.807, 2.05) is 0 Å². The van der Waals surface area contributed by atoms with Crippen LogP contribution in [0.15, 0.2) is 12.1 Å². The molecule has 0 aliphatic heterocycles. The van der Waals surface area contributed by atoms with Crippen LogP contribution in [0.1, 0.15) is 54.4 Å². The molecule has 1 fully saturated rings. The Morgan fingerprint density at radius 1 is 1.16 bits per heavy atom. The monoisotopic (exact) mass is 268 g/mol. The molecule has 0 aromatic heterocycles. The third kappa shape index (κ3) is 2.68. The second-order valence-corrected chi connectivity index (χ2v) is 5.33. The summed E-state index contributed by atoms with van der Waals surface area (Å²) < 4.78 is 27.7. The number of ketones is 1. The molecule has 1 aromatic rings. The van der Waals surface area contributed by atoms with Crippen molar-refractivity contribution in [3.05, 3.63) is 34.9 Å². The molecule has 0 unspecified atom stereocenters. The highest BCUT2D eigenvalue weighted by Crippen LogP contribution is 2.32. The van der Waals surface area contributed by atoms with Gasteiger partial charge in [0.05, 0.1) is 5.56 Å². The number of halogens is 2. The van der Waals surface area contributed by atoms with E-state index in [-0.39, 0.29) is 18.4 Å². The van der Waals surface area contributed by atoms with Gasteiger partial charge in [0.1, 0.15) is 17.2 Å². The molecule has 0 saturated heterocycles. The first-order valence-electron chi connectivity index (χ1n) is 6.67. The van der Waals surface area contributed by atoms with Gasteiger partial charge in [-0.15, -0.1) is 0 Å². The van der Waals surface area contributed by atoms with Crippen molar-refractivity contribution in [1.29, 1.82) is 0 Å². The molecule has 1 aliphatic carbocycles. The Bertz CT molecular complexity index is 489. The highest BCUT2D eigenvalue weighted by Gasteiger charge is 2.39. The van der Waals surface area contributed by atoms with Crippen molar-refractivity contribution in [2.45, 2.75) is 51.0 Å². The molecule has 0 bridgehead atoms. The molecule has 2 rings (SSSR count). The first kappa shape index (κ1) is 14.1. The second kappa shape index (κ2) is 5.37. The third-order valence-electron chi connectivity index (χ3n) is 3.86. The molecule has 19 heavy (non-hydrogen) atoms. The molecule has 0 heterocycles. The number of Topliss-reactive ketones (excluding diaryl/α,β-unsaturated/α-hetero) is 1. The van der Waals surface area contributed by atoms with Gasteiger partial charge < -0.3 is 5.11 Å². The minimum atomic E-state index is -1.62. The Labute approximate surface area is 111 Å². The summed E-state index contributed by atoms with van der Waals surface area (Å²) in [6, 6.07) is 2.37. The quantitative estimate of drug-likeness (QED) is 0.658. The fourth-order valence-corrected chi connectivity index (χ4v) is 2.64. The lowest BCUT2D eigenvalue weighted by Crippen LogP contribution is -2.39. The SMILES string of the molecule is Cc1ccc(F)c(C(=O)C2(O)CCCCCC2)c1F. The zero-order valence-electron chi connectivity index (χ0n) is 11.0. The molecule has 0 amide bonds. The van der Waals surface area contributed by atoms with Crippen molar-refractivity contribution >= 4 is 5.78 Å². The molecule has 0 radical (unpaired) electrons. The van der Waals surface area contributed by atoms with Crippen LogP contribution in [0.25, 0.3) is 0 Å². The van der Waals surface area contributed by atoms with E-state index in [0.29, 0.717) is 12.8 Å². The zero-order chi connectivity index (χ0) is 14.0. The Balaban J connectivity index is 2.41. The standard InChI is InChI=1S/C15H18F2O2/c1-10-6-7-11(16)12(13(10)17)14(18)15(19)8-4-2-3-5-9-15/h6-7,19H,2-5,8-9H2,1H3. The maximum Gasteiger partial charge on any atom is 0.200 e. The van der Waals surface area contributed by atoms with E-state index in [4.69, 9.17) is 0 Å². The predicted molar refractivity (Wildman–Crippen MR) is 68.1 cm³/mol. The summed E-state index contributed by atoms with van der Waals surface area (Å²) in [6.07, 6.45) is 3.84. The van der Waals surface area contributed by atoms with E-state index in [1.54, 1.807) is 0 Å². The number of benzene rings is 1. The van der Waals surface area contributed by atoms with Gasteiger partial charge in [-0.25, -0.2) is 8.78 Å². The summed E-state index contributed by atoms with van der Waals surface area (Å²) in [5.41, 5.74) is -2.00. The molecule has 1 aliphatic rings. The van der Waals surface area contributed by atoms with E-state index in [2.05, 4.69) is 0 Å². The van der Waals surface area contributed by atoms with Crippen LogP contribution >= 0.6 is 0 Å². The predicted octanol–water partition coefficient (Wildman–Crippen LogP) is 3.54. The highest BCUT2D eigenvalue weighted by molar-refractivity contribution is 6.02. The van der Waals surface area contributed by atoms with Crippen molar-refractivity contribution in [2.24, 2.45) is 0 Å². The maximum absolute atomic E-state index is 14.0. The first-order valence-corrected chi connectivity index (χ1v) is 6.67. The number of aliphatic hydroxyl groups is 1. The van der Waals surface area contributed by atoms with Gasteiger partial charge in [0.25, 0.3) is 0 Å². The molecular formula is C15H18F2O2. The van der Waals surface area contributed by atoms with Crippen molar-refractivity contribution in [2.75, 3.05) is 0 Å². The lowest BCUT2D eigenvalue weighted by molar-refractivity contribution is 0.0229. The van der Waals surface area contributed by atoms with Gasteiger partial charge >= 0.3 is 0 Å². The van der Waals surface area contributed by atoms with Crippen LogP contribution in [0, 0.1) is 18.6 Å². The molecule has 1 aromatic carbocycles. The average Bonchev–Trinajstić information content (AvgIpc) is 2.60. The zero-order valence-corrected chi connectivity index (χ0v) is 11.0. The summed E-state index contributed by atoms with van der Waals surface area (Å²) in [5.74, 6) is -2.57. The number of carbonyl (C=O) groups excluding carboxylic acids is 1. The second-order valence-electron chi connectivity index (χ2n) is 5.33. The summed E-state index contributed by atoms with van der Waals surface area (Å²) >= 11 is 0. The topological polar surface area (TPSA) is 37.3 Å². The van der Waals surface area contributed by atoms with Crippen LogP contribution in [0.2, 0.25) is 0 Å². The summed E-state index contributed by atoms with van der Waals surface area (Å²) in [7, 11) is 0. The fourth-order valence-electron chi connectivity index (χ4n) is 2.64. The van der Waals surface area contributed by atoms with E-state index >= 15 is 0 Å². The summed E-state index contributed by atoms with van der Waals surface area (Å²) in [5, 5.41) is 10.4. The van der Waals surface area contributed by atoms with Gasteiger partial charge in [0.15, 0.2) is 5.78 Å². The molecule has 0 atom stereocenters. The third-order valence-corrected chi connectivity index (χ3v) is 3.86. The Kier molecular flexibility index (Phi) is 3.99. The van der Waals surface area contributed by atoms with Crippen LogP contribution in [-0.2, 0) is 0 Å². The van der Waals surface area contributed by atoms with Crippen LogP contribution < -0.4 is 0 Å². The number of hydrogen-bond donors (Lipinski definition) is 1.